The van der Waals surface area contributed by atoms with Crippen LogP contribution in [0.4, 0.5) is 4.79 Å². The van der Waals surface area contributed by atoms with E-state index in [1.54, 1.807) is 4.90 Å². The van der Waals surface area contributed by atoms with E-state index in [1.807, 2.05) is 20.8 Å². The molecule has 0 aromatic rings. The smallest absolute Gasteiger partial charge is 0.321 e. The predicted octanol–water partition coefficient (Wildman–Crippen LogP) is 0.185. The maximum absolute atomic E-state index is 12.1. The Balaban J connectivity index is 2.88. The lowest BCUT2D eigenvalue weighted by Crippen LogP contribution is -2.61. The van der Waals surface area contributed by atoms with Gasteiger partial charge < -0.3 is 9.80 Å². The van der Waals surface area contributed by atoms with Crippen LogP contribution < -0.4 is 5.32 Å². The van der Waals surface area contributed by atoms with Gasteiger partial charge in [-0.25, -0.2) is 4.79 Å². The number of rotatable bonds is 3. The largest absolute Gasteiger partial charge is 0.325 e. The lowest BCUT2D eigenvalue weighted by Gasteiger charge is -2.36. The van der Waals surface area contributed by atoms with Gasteiger partial charge in [0.1, 0.15) is 12.6 Å². The summed E-state index contributed by atoms with van der Waals surface area (Å²) in [5, 5.41) is 2.25. The van der Waals surface area contributed by atoms with E-state index in [4.69, 9.17) is 0 Å². The molecule has 1 N–H and O–H groups in total. The Morgan fingerprint density at radius 3 is 2.41 bits per heavy atom. The third-order valence-electron chi connectivity index (χ3n) is 2.92. The number of nitrogens with zero attached hydrogens (tertiary/aromatic N) is 2. The molecule has 0 aromatic carbocycles. The van der Waals surface area contributed by atoms with Gasteiger partial charge in [-0.15, -0.1) is 0 Å². The normalized spacial score (nSPS) is 20.2. The van der Waals surface area contributed by atoms with Gasteiger partial charge in [0.05, 0.1) is 0 Å². The molecule has 1 atom stereocenters. The van der Waals surface area contributed by atoms with Crippen LogP contribution in [0.25, 0.3) is 0 Å². The van der Waals surface area contributed by atoms with E-state index in [0.717, 1.165) is 0 Å². The van der Waals surface area contributed by atoms with Crippen molar-refractivity contribution in [2.24, 2.45) is 0 Å². The van der Waals surface area contributed by atoms with Crippen LogP contribution in [0.2, 0.25) is 0 Å². The van der Waals surface area contributed by atoms with Gasteiger partial charge in [0, 0.05) is 13.1 Å². The molecule has 6 heteroatoms. The van der Waals surface area contributed by atoms with E-state index in [9.17, 15) is 14.4 Å². The molecule has 1 heterocycles. The molecule has 1 fully saturated rings. The molecule has 1 aliphatic heterocycles. The van der Waals surface area contributed by atoms with Crippen LogP contribution in [-0.4, -0.2) is 53.3 Å². The minimum Gasteiger partial charge on any atom is -0.325 e. The third kappa shape index (κ3) is 2.75. The second kappa shape index (κ2) is 5.65. The van der Waals surface area contributed by atoms with Gasteiger partial charge >= 0.3 is 6.03 Å². The first-order chi connectivity index (χ1) is 8.04. The number of imide groups is 1. The molecule has 0 aromatic heterocycles. The molecule has 96 valence electrons. The topological polar surface area (TPSA) is 69.7 Å². The zero-order valence-electron chi connectivity index (χ0n) is 10.5. The zero-order chi connectivity index (χ0) is 13.0. The molecule has 1 saturated heterocycles. The van der Waals surface area contributed by atoms with Gasteiger partial charge in [0.25, 0.3) is 0 Å². The highest BCUT2D eigenvalue weighted by Crippen LogP contribution is 2.12. The highest BCUT2D eigenvalue weighted by atomic mass is 16.2. The number of amides is 4. The zero-order valence-corrected chi connectivity index (χ0v) is 10.5. The average molecular weight is 241 g/mol. The molecule has 0 aliphatic carbocycles. The van der Waals surface area contributed by atoms with E-state index < -0.39 is 11.9 Å². The first kappa shape index (κ1) is 13.5. The van der Waals surface area contributed by atoms with Crippen molar-refractivity contribution in [3.8, 4) is 0 Å². The number of hydrogen-bond donors (Lipinski definition) is 1. The van der Waals surface area contributed by atoms with E-state index in [2.05, 4.69) is 5.32 Å². The maximum Gasteiger partial charge on any atom is 0.321 e. The van der Waals surface area contributed by atoms with Crippen molar-refractivity contribution in [3.63, 3.8) is 0 Å². The summed E-state index contributed by atoms with van der Waals surface area (Å²) >= 11 is 0. The van der Waals surface area contributed by atoms with Crippen LogP contribution in [0.1, 0.15) is 27.2 Å². The lowest BCUT2D eigenvalue weighted by atomic mass is 10.1. The fourth-order valence-corrected chi connectivity index (χ4v) is 1.95. The number of hydrogen-bond acceptors (Lipinski definition) is 3. The monoisotopic (exact) mass is 241 g/mol. The third-order valence-corrected chi connectivity index (χ3v) is 2.92. The summed E-state index contributed by atoms with van der Waals surface area (Å²) in [4.78, 5) is 38.0. The summed E-state index contributed by atoms with van der Waals surface area (Å²) < 4.78 is 0. The van der Waals surface area contributed by atoms with Crippen LogP contribution in [-0.2, 0) is 9.59 Å². The lowest BCUT2D eigenvalue weighted by molar-refractivity contribution is -0.138. The maximum atomic E-state index is 12.1. The van der Waals surface area contributed by atoms with Gasteiger partial charge in [-0.1, -0.05) is 6.92 Å². The van der Waals surface area contributed by atoms with Crippen molar-refractivity contribution >= 4 is 17.8 Å². The van der Waals surface area contributed by atoms with Crippen LogP contribution in [0.15, 0.2) is 0 Å². The minimum atomic E-state index is -0.541. The van der Waals surface area contributed by atoms with E-state index in [-0.39, 0.29) is 18.5 Å². The first-order valence-corrected chi connectivity index (χ1v) is 5.94. The number of piperazine rings is 1. The number of urea groups is 1. The second-order valence-corrected chi connectivity index (χ2v) is 3.92. The predicted molar refractivity (Wildman–Crippen MR) is 62.3 cm³/mol. The van der Waals surface area contributed by atoms with E-state index in [1.165, 1.54) is 4.90 Å². The van der Waals surface area contributed by atoms with Gasteiger partial charge in [0.15, 0.2) is 0 Å². The highest BCUT2D eigenvalue weighted by molar-refractivity contribution is 6.04. The van der Waals surface area contributed by atoms with Gasteiger partial charge in [-0.3, -0.25) is 14.9 Å². The summed E-state index contributed by atoms with van der Waals surface area (Å²) in [6.45, 7) is 6.65. The quantitative estimate of drug-likeness (QED) is 0.717. The molecule has 1 unspecified atom stereocenters. The molecule has 0 radical (unpaired) electrons. The Kier molecular flexibility index (Phi) is 4.48. The fourth-order valence-electron chi connectivity index (χ4n) is 1.95. The van der Waals surface area contributed by atoms with Crippen LogP contribution >= 0.6 is 0 Å². The molecular formula is C11H19N3O3. The van der Waals surface area contributed by atoms with Crippen LogP contribution in [0, 0.1) is 0 Å². The van der Waals surface area contributed by atoms with Crippen LogP contribution in [0.5, 0.6) is 0 Å². The summed E-state index contributed by atoms with van der Waals surface area (Å²) in [7, 11) is 0. The molecule has 1 rings (SSSR count). The molecule has 0 spiro atoms. The molecule has 17 heavy (non-hydrogen) atoms. The Bertz CT molecular complexity index is 326. The summed E-state index contributed by atoms with van der Waals surface area (Å²) in [5.74, 6) is -0.801. The van der Waals surface area contributed by atoms with E-state index >= 15 is 0 Å². The highest BCUT2D eigenvalue weighted by Gasteiger charge is 2.36. The molecule has 1 aliphatic rings. The van der Waals surface area contributed by atoms with Crippen molar-refractivity contribution in [3.05, 3.63) is 0 Å². The van der Waals surface area contributed by atoms with Gasteiger partial charge in [-0.2, -0.15) is 0 Å². The average Bonchev–Trinajstić information content (AvgIpc) is 2.29. The van der Waals surface area contributed by atoms with Crippen molar-refractivity contribution < 1.29 is 14.4 Å². The SMILES string of the molecule is CCC1C(=O)NC(=O)CN1C(=O)N(CC)CC. The van der Waals surface area contributed by atoms with E-state index in [0.29, 0.717) is 19.5 Å². The van der Waals surface area contributed by atoms with Crippen molar-refractivity contribution in [1.29, 1.82) is 0 Å². The van der Waals surface area contributed by atoms with Crippen molar-refractivity contribution in [2.45, 2.75) is 33.2 Å². The number of carbonyl (C=O) groups is 3. The summed E-state index contributed by atoms with van der Waals surface area (Å²) in [6, 6.07) is -0.786. The Morgan fingerprint density at radius 1 is 1.35 bits per heavy atom. The summed E-state index contributed by atoms with van der Waals surface area (Å²) in [5.41, 5.74) is 0. The molecule has 0 bridgehead atoms. The van der Waals surface area contributed by atoms with Crippen LogP contribution in [0.3, 0.4) is 0 Å². The standard InChI is InChI=1S/C11H19N3O3/c1-4-8-10(16)12-9(15)7-14(8)11(17)13(5-2)6-3/h8H,4-7H2,1-3H3,(H,12,15,16). The molecule has 0 saturated carbocycles. The minimum absolute atomic E-state index is 0.0421. The van der Waals surface area contributed by atoms with Gasteiger partial charge in [0.2, 0.25) is 11.8 Å². The van der Waals surface area contributed by atoms with Crippen molar-refractivity contribution in [2.75, 3.05) is 19.6 Å². The Hall–Kier alpha value is -1.59. The van der Waals surface area contributed by atoms with Gasteiger partial charge in [-0.05, 0) is 20.3 Å². The van der Waals surface area contributed by atoms with Crippen molar-refractivity contribution in [1.82, 2.24) is 15.1 Å². The Labute approximate surface area is 101 Å². The number of carbonyl (C=O) groups excluding carboxylic acids is 3. The second-order valence-electron chi connectivity index (χ2n) is 3.92. The molecular weight excluding hydrogens is 222 g/mol. The first-order valence-electron chi connectivity index (χ1n) is 5.94. The fraction of sp³-hybridized carbons (Fsp3) is 0.727. The molecule has 4 amide bonds. The molecule has 6 nitrogen and oxygen atoms in total. The number of nitrogens with one attached hydrogen (secondary N) is 1. The summed E-state index contributed by atoms with van der Waals surface area (Å²) in [6.07, 6.45) is 0.506. The Morgan fingerprint density at radius 2 is 1.94 bits per heavy atom.